The first-order chi connectivity index (χ1) is 27.6. The van der Waals surface area contributed by atoms with E-state index < -0.39 is 0 Å². The van der Waals surface area contributed by atoms with Crippen molar-refractivity contribution in [2.75, 3.05) is 0 Å². The molecule has 0 amide bonds. The highest BCUT2D eigenvalue weighted by Gasteiger charge is 2.36. The fourth-order valence-electron chi connectivity index (χ4n) is 9.27. The van der Waals surface area contributed by atoms with Gasteiger partial charge in [-0.25, -0.2) is 0 Å². The zero-order valence-electron chi connectivity index (χ0n) is 31.2. The van der Waals surface area contributed by atoms with Crippen LogP contribution in [0.15, 0.2) is 188 Å². The summed E-state index contributed by atoms with van der Waals surface area (Å²) in [5, 5.41) is 17.1. The third kappa shape index (κ3) is 4.84. The number of benzene rings is 9. The maximum absolute atomic E-state index is 4.80. The summed E-state index contributed by atoms with van der Waals surface area (Å²) >= 11 is 0. The van der Waals surface area contributed by atoms with Crippen LogP contribution in [0.3, 0.4) is 0 Å². The van der Waals surface area contributed by atoms with Crippen LogP contribution in [0.25, 0.3) is 94.2 Å². The van der Waals surface area contributed by atoms with Gasteiger partial charge >= 0.3 is 0 Å². The van der Waals surface area contributed by atoms with Gasteiger partial charge in [0, 0.05) is 22.2 Å². The van der Waals surface area contributed by atoms with Crippen LogP contribution in [0, 0.1) is 0 Å². The van der Waals surface area contributed by atoms with Crippen LogP contribution in [0.2, 0.25) is 0 Å². The number of nitrogens with zero attached hydrogens (tertiary/aromatic N) is 3. The monoisotopic (exact) mass is 715 g/mol. The first-order valence-corrected chi connectivity index (χ1v) is 19.3. The van der Waals surface area contributed by atoms with Crippen molar-refractivity contribution in [3.05, 3.63) is 199 Å². The minimum atomic E-state index is -0.128. The minimum Gasteiger partial charge on any atom is -0.275 e. The molecule has 0 atom stereocenters. The van der Waals surface area contributed by atoms with Crippen molar-refractivity contribution in [1.29, 1.82) is 0 Å². The van der Waals surface area contributed by atoms with Gasteiger partial charge in [-0.1, -0.05) is 178 Å². The van der Waals surface area contributed by atoms with Gasteiger partial charge in [0.25, 0.3) is 0 Å². The summed E-state index contributed by atoms with van der Waals surface area (Å²) in [6.07, 6.45) is 0. The molecule has 0 unspecified atom stereocenters. The lowest BCUT2D eigenvalue weighted by atomic mass is 9.79. The van der Waals surface area contributed by atoms with E-state index >= 15 is 0 Å². The first-order valence-electron chi connectivity index (χ1n) is 19.3. The van der Waals surface area contributed by atoms with Crippen molar-refractivity contribution >= 4 is 32.3 Å². The number of para-hydroxylation sites is 1. The number of rotatable bonds is 5. The Morgan fingerprint density at radius 2 is 0.911 bits per heavy atom. The highest BCUT2D eigenvalue weighted by atomic mass is 15.3. The van der Waals surface area contributed by atoms with E-state index in [-0.39, 0.29) is 5.41 Å². The number of hydrogen-bond donors (Lipinski definition) is 0. The Balaban J connectivity index is 1.18. The molecule has 0 saturated heterocycles. The molecule has 3 heteroatoms. The van der Waals surface area contributed by atoms with Crippen LogP contribution in [-0.4, -0.2) is 14.8 Å². The lowest BCUT2D eigenvalue weighted by Crippen LogP contribution is -2.14. The lowest BCUT2D eigenvalue weighted by molar-refractivity contribution is 0.661. The Morgan fingerprint density at radius 1 is 0.375 bits per heavy atom. The molecular formula is C53H37N3. The summed E-state index contributed by atoms with van der Waals surface area (Å²) in [7, 11) is 0. The van der Waals surface area contributed by atoms with Gasteiger partial charge in [0.15, 0.2) is 11.6 Å². The topological polar surface area (TPSA) is 30.7 Å². The second kappa shape index (κ2) is 12.5. The third-order valence-corrected chi connectivity index (χ3v) is 11.9. The van der Waals surface area contributed by atoms with E-state index in [1.54, 1.807) is 0 Å². The zero-order valence-corrected chi connectivity index (χ0v) is 31.2. The van der Waals surface area contributed by atoms with Gasteiger partial charge in [-0.05, 0) is 101 Å². The molecule has 0 radical (unpaired) electrons. The van der Waals surface area contributed by atoms with Gasteiger partial charge in [-0.2, -0.15) is 0 Å². The van der Waals surface area contributed by atoms with E-state index in [0.29, 0.717) is 0 Å². The molecule has 264 valence electrons. The average molecular weight is 716 g/mol. The van der Waals surface area contributed by atoms with Crippen molar-refractivity contribution in [3.63, 3.8) is 0 Å². The minimum absolute atomic E-state index is 0.128. The fraction of sp³-hybridized carbons (Fsp3) is 0.0566. The Bertz CT molecular complexity index is 3130. The van der Waals surface area contributed by atoms with Crippen LogP contribution in [0.4, 0.5) is 0 Å². The van der Waals surface area contributed by atoms with Crippen LogP contribution < -0.4 is 0 Å². The van der Waals surface area contributed by atoms with Gasteiger partial charge in [-0.15, -0.1) is 10.2 Å². The number of aromatic nitrogens is 3. The maximum Gasteiger partial charge on any atom is 0.168 e. The molecule has 0 N–H and O–H groups in total. The van der Waals surface area contributed by atoms with Crippen LogP contribution in [0.1, 0.15) is 25.0 Å². The molecule has 0 bridgehead atoms. The molecule has 0 saturated carbocycles. The Kier molecular flexibility index (Phi) is 7.20. The second-order valence-corrected chi connectivity index (χ2v) is 15.4. The summed E-state index contributed by atoms with van der Waals surface area (Å²) in [6, 6.07) is 68.1. The average Bonchev–Trinajstić information content (AvgIpc) is 3.80. The van der Waals surface area contributed by atoms with Crippen molar-refractivity contribution in [2.45, 2.75) is 19.3 Å². The standard InChI is InChI=1S/C53H37N3/c1-53(2)47-27-14-13-23-40(47)44-32-45-46(33-48(44)53)50(41-26-15-19-34-16-9-10-22-39(34)41)43-25-12-11-24-42(43)49(45)35-28-30-37(31-29-35)52-55-54-51(36-17-5-3-6-18-36)56(52)38-20-7-4-8-21-38/h3-33H,1-2H3. The summed E-state index contributed by atoms with van der Waals surface area (Å²) in [5.74, 6) is 1.62. The van der Waals surface area contributed by atoms with Crippen LogP contribution >= 0.6 is 0 Å². The predicted octanol–water partition coefficient (Wildman–Crippen LogP) is 13.7. The molecule has 3 nitrogen and oxygen atoms in total. The molecule has 10 aromatic rings. The Hall–Kier alpha value is -7.10. The Labute approximate surface area is 326 Å². The van der Waals surface area contributed by atoms with Crippen molar-refractivity contribution < 1.29 is 0 Å². The lowest BCUT2D eigenvalue weighted by Gasteiger charge is -2.24. The van der Waals surface area contributed by atoms with Gasteiger partial charge in [0.2, 0.25) is 0 Å². The highest BCUT2D eigenvalue weighted by molar-refractivity contribution is 6.24. The molecule has 1 heterocycles. The maximum atomic E-state index is 4.80. The van der Waals surface area contributed by atoms with Crippen molar-refractivity contribution in [1.82, 2.24) is 14.8 Å². The molecular weight excluding hydrogens is 679 g/mol. The zero-order chi connectivity index (χ0) is 37.4. The normalized spacial score (nSPS) is 13.0. The molecule has 1 aromatic heterocycles. The van der Waals surface area contributed by atoms with E-state index in [1.807, 2.05) is 24.3 Å². The van der Waals surface area contributed by atoms with E-state index in [9.17, 15) is 0 Å². The smallest absolute Gasteiger partial charge is 0.168 e. The van der Waals surface area contributed by atoms with E-state index in [0.717, 1.165) is 28.5 Å². The third-order valence-electron chi connectivity index (χ3n) is 11.9. The van der Waals surface area contributed by atoms with Crippen LogP contribution in [-0.2, 0) is 5.41 Å². The molecule has 0 spiro atoms. The Morgan fingerprint density at radius 3 is 1.66 bits per heavy atom. The van der Waals surface area contributed by atoms with Gasteiger partial charge in [0.05, 0.1) is 0 Å². The fourth-order valence-corrected chi connectivity index (χ4v) is 9.27. The summed E-state index contributed by atoms with van der Waals surface area (Å²) < 4.78 is 2.16. The molecule has 0 aliphatic heterocycles. The molecule has 1 aliphatic rings. The van der Waals surface area contributed by atoms with Crippen molar-refractivity contribution in [3.8, 4) is 61.8 Å². The molecule has 1 aliphatic carbocycles. The van der Waals surface area contributed by atoms with E-state index in [1.165, 1.54) is 76.8 Å². The quantitative estimate of drug-likeness (QED) is 0.166. The SMILES string of the molecule is CC1(C)c2ccccc2-c2cc3c(-c4ccc(-c5nnc(-c6ccccc6)n5-c5ccccc5)cc4)c4ccccc4c(-c4cccc5ccccc45)c3cc21. The molecule has 0 fully saturated rings. The summed E-state index contributed by atoms with van der Waals surface area (Å²) in [4.78, 5) is 0. The van der Waals surface area contributed by atoms with Gasteiger partial charge < -0.3 is 0 Å². The molecule has 11 rings (SSSR count). The second-order valence-electron chi connectivity index (χ2n) is 15.4. The largest absolute Gasteiger partial charge is 0.275 e. The van der Waals surface area contributed by atoms with E-state index in [2.05, 4.69) is 182 Å². The van der Waals surface area contributed by atoms with Gasteiger partial charge in [-0.3, -0.25) is 4.57 Å². The predicted molar refractivity (Wildman–Crippen MR) is 233 cm³/mol. The molecule has 56 heavy (non-hydrogen) atoms. The van der Waals surface area contributed by atoms with Crippen LogP contribution in [0.5, 0.6) is 0 Å². The molecule has 9 aromatic carbocycles. The number of fused-ring (bicyclic) bond motifs is 6. The first kappa shape index (κ1) is 32.3. The van der Waals surface area contributed by atoms with E-state index in [4.69, 9.17) is 10.2 Å². The highest BCUT2D eigenvalue weighted by Crippen LogP contribution is 2.53. The van der Waals surface area contributed by atoms with Crippen molar-refractivity contribution in [2.24, 2.45) is 0 Å². The van der Waals surface area contributed by atoms with Gasteiger partial charge in [0.1, 0.15) is 0 Å². The number of hydrogen-bond acceptors (Lipinski definition) is 2. The summed E-state index contributed by atoms with van der Waals surface area (Å²) in [6.45, 7) is 4.75. The summed E-state index contributed by atoms with van der Waals surface area (Å²) in [5.41, 5.74) is 13.3.